The van der Waals surface area contributed by atoms with Crippen molar-refractivity contribution in [2.75, 3.05) is 35.3 Å². The van der Waals surface area contributed by atoms with Gasteiger partial charge in [0.1, 0.15) is 12.4 Å². The molecule has 2 N–H and O–H groups in total. The molecule has 7 heteroatoms. The maximum absolute atomic E-state index is 12.7. The van der Waals surface area contributed by atoms with Crippen LogP contribution in [-0.4, -0.2) is 30.8 Å². The molecular formula is C22H20N4O3. The van der Waals surface area contributed by atoms with Crippen molar-refractivity contribution in [2.45, 2.75) is 6.42 Å². The largest absolute Gasteiger partial charge is 0.493 e. The standard InChI is InChI=1S/C22H20N4O3/c27-22(25-16-4-2-1-3-5-16)26-9-11-29-20-13-18(14-23-21(20)26)24-17-6-7-19-15(12-17)8-10-28-19/h1-7,12-14,24H,8-11H2,(H,25,27). The van der Waals surface area contributed by atoms with Gasteiger partial charge in [0.15, 0.2) is 11.6 Å². The Morgan fingerprint density at radius 1 is 0.931 bits per heavy atom. The molecule has 2 amide bonds. The van der Waals surface area contributed by atoms with Gasteiger partial charge in [0, 0.05) is 23.9 Å². The number of carbonyl (C=O) groups is 1. The number of hydrogen-bond donors (Lipinski definition) is 2. The van der Waals surface area contributed by atoms with E-state index in [4.69, 9.17) is 9.47 Å². The van der Waals surface area contributed by atoms with Crippen LogP contribution in [0.1, 0.15) is 5.56 Å². The number of hydrogen-bond acceptors (Lipinski definition) is 5. The Morgan fingerprint density at radius 2 is 1.79 bits per heavy atom. The van der Waals surface area contributed by atoms with Crippen molar-refractivity contribution in [3.05, 3.63) is 66.4 Å². The molecule has 0 bridgehead atoms. The van der Waals surface area contributed by atoms with E-state index in [2.05, 4.69) is 21.7 Å². The summed E-state index contributed by atoms with van der Waals surface area (Å²) in [6.07, 6.45) is 2.63. The van der Waals surface area contributed by atoms with E-state index in [-0.39, 0.29) is 6.03 Å². The SMILES string of the molecule is O=C(Nc1ccccc1)N1CCOc2cc(Nc3ccc4c(c3)CCO4)cnc21. The summed E-state index contributed by atoms with van der Waals surface area (Å²) in [6.45, 7) is 1.58. The van der Waals surface area contributed by atoms with Crippen LogP contribution in [0.3, 0.4) is 0 Å². The minimum atomic E-state index is -0.229. The summed E-state index contributed by atoms with van der Waals surface area (Å²) in [5.74, 6) is 2.04. The third-order valence-corrected chi connectivity index (χ3v) is 4.91. The fraction of sp³-hybridized carbons (Fsp3) is 0.182. The summed E-state index contributed by atoms with van der Waals surface area (Å²) in [6, 6.07) is 17.0. The summed E-state index contributed by atoms with van der Waals surface area (Å²) < 4.78 is 11.3. The van der Waals surface area contributed by atoms with Gasteiger partial charge in [-0.25, -0.2) is 9.78 Å². The number of para-hydroxylation sites is 1. The predicted octanol–water partition coefficient (Wildman–Crippen LogP) is 4.19. The smallest absolute Gasteiger partial charge is 0.327 e. The lowest BCUT2D eigenvalue weighted by atomic mass is 10.1. The third-order valence-electron chi connectivity index (χ3n) is 4.91. The summed E-state index contributed by atoms with van der Waals surface area (Å²) in [7, 11) is 0. The highest BCUT2D eigenvalue weighted by Crippen LogP contribution is 2.34. The molecule has 146 valence electrons. The molecule has 0 radical (unpaired) electrons. The highest BCUT2D eigenvalue weighted by atomic mass is 16.5. The maximum atomic E-state index is 12.7. The second-order valence-corrected chi connectivity index (χ2v) is 6.89. The topological polar surface area (TPSA) is 75.7 Å². The minimum absolute atomic E-state index is 0.229. The number of aromatic nitrogens is 1. The number of anilines is 4. The van der Waals surface area contributed by atoms with Crippen LogP contribution in [-0.2, 0) is 6.42 Å². The van der Waals surface area contributed by atoms with E-state index in [1.807, 2.05) is 48.5 Å². The van der Waals surface area contributed by atoms with Gasteiger partial charge in [-0.1, -0.05) is 18.2 Å². The maximum Gasteiger partial charge on any atom is 0.327 e. The molecule has 1 aromatic heterocycles. The van der Waals surface area contributed by atoms with Crippen molar-refractivity contribution in [1.82, 2.24) is 4.98 Å². The van der Waals surface area contributed by atoms with Gasteiger partial charge in [0.25, 0.3) is 0 Å². The number of fused-ring (bicyclic) bond motifs is 2. The van der Waals surface area contributed by atoms with Crippen LogP contribution in [0.4, 0.5) is 27.7 Å². The quantitative estimate of drug-likeness (QED) is 0.704. The lowest BCUT2D eigenvalue weighted by molar-refractivity contribution is 0.249. The second kappa shape index (κ2) is 7.35. The molecule has 5 rings (SSSR count). The number of urea groups is 1. The monoisotopic (exact) mass is 388 g/mol. The van der Waals surface area contributed by atoms with Crippen LogP contribution in [0, 0.1) is 0 Å². The first-order chi connectivity index (χ1) is 14.3. The summed E-state index contributed by atoms with van der Waals surface area (Å²) >= 11 is 0. The molecule has 0 unspecified atom stereocenters. The molecule has 0 aliphatic carbocycles. The van der Waals surface area contributed by atoms with E-state index >= 15 is 0 Å². The van der Waals surface area contributed by atoms with Gasteiger partial charge in [0.2, 0.25) is 0 Å². The first kappa shape index (κ1) is 17.4. The summed E-state index contributed by atoms with van der Waals surface area (Å²) in [4.78, 5) is 18.8. The van der Waals surface area contributed by atoms with E-state index in [9.17, 15) is 4.79 Å². The van der Waals surface area contributed by atoms with E-state index in [0.717, 1.165) is 35.8 Å². The minimum Gasteiger partial charge on any atom is -0.493 e. The Balaban J connectivity index is 1.34. The molecular weight excluding hydrogens is 368 g/mol. The molecule has 2 aromatic carbocycles. The fourth-order valence-corrected chi connectivity index (χ4v) is 3.51. The van der Waals surface area contributed by atoms with Crippen LogP contribution in [0.2, 0.25) is 0 Å². The number of carbonyl (C=O) groups excluding carboxylic acids is 1. The van der Waals surface area contributed by atoms with Crippen molar-refractivity contribution in [3.8, 4) is 11.5 Å². The number of nitrogens with zero attached hydrogens (tertiary/aromatic N) is 2. The molecule has 2 aliphatic rings. The third kappa shape index (κ3) is 3.54. The molecule has 0 fully saturated rings. The lowest BCUT2D eigenvalue weighted by Gasteiger charge is -2.28. The lowest BCUT2D eigenvalue weighted by Crippen LogP contribution is -2.41. The molecule has 0 saturated carbocycles. The molecule has 7 nitrogen and oxygen atoms in total. The van der Waals surface area contributed by atoms with Crippen LogP contribution in [0.15, 0.2) is 60.8 Å². The highest BCUT2D eigenvalue weighted by molar-refractivity contribution is 6.02. The number of rotatable bonds is 3. The Morgan fingerprint density at radius 3 is 2.69 bits per heavy atom. The first-order valence-electron chi connectivity index (χ1n) is 9.55. The van der Waals surface area contributed by atoms with E-state index in [1.54, 1.807) is 11.1 Å². The first-order valence-corrected chi connectivity index (χ1v) is 9.55. The van der Waals surface area contributed by atoms with Gasteiger partial charge in [-0.2, -0.15) is 0 Å². The number of amides is 2. The van der Waals surface area contributed by atoms with Gasteiger partial charge in [0.05, 0.1) is 25.0 Å². The number of nitrogens with one attached hydrogen (secondary N) is 2. The van der Waals surface area contributed by atoms with Crippen LogP contribution < -0.4 is 25.0 Å². The predicted molar refractivity (Wildman–Crippen MR) is 111 cm³/mol. The number of pyridine rings is 1. The average Bonchev–Trinajstić information content (AvgIpc) is 3.22. The normalized spacial score (nSPS) is 14.3. The molecule has 2 aliphatic heterocycles. The summed E-state index contributed by atoms with van der Waals surface area (Å²) in [5, 5.41) is 6.25. The average molecular weight is 388 g/mol. The van der Waals surface area contributed by atoms with Crippen molar-refractivity contribution in [2.24, 2.45) is 0 Å². The van der Waals surface area contributed by atoms with Gasteiger partial charge in [-0.05, 0) is 35.9 Å². The zero-order chi connectivity index (χ0) is 19.6. The zero-order valence-electron chi connectivity index (χ0n) is 15.7. The number of benzene rings is 2. The molecule has 0 saturated heterocycles. The Hall–Kier alpha value is -3.74. The zero-order valence-corrected chi connectivity index (χ0v) is 15.7. The van der Waals surface area contributed by atoms with Gasteiger partial charge >= 0.3 is 6.03 Å². The highest BCUT2D eigenvalue weighted by Gasteiger charge is 2.25. The molecule has 0 atom stereocenters. The van der Waals surface area contributed by atoms with Gasteiger partial charge < -0.3 is 20.1 Å². The molecule has 3 heterocycles. The Labute approximate surface area is 168 Å². The Kier molecular flexibility index (Phi) is 4.40. The van der Waals surface area contributed by atoms with E-state index in [1.165, 1.54) is 5.56 Å². The molecule has 3 aromatic rings. The van der Waals surface area contributed by atoms with E-state index in [0.29, 0.717) is 24.7 Å². The van der Waals surface area contributed by atoms with Crippen LogP contribution in [0.25, 0.3) is 0 Å². The van der Waals surface area contributed by atoms with Gasteiger partial charge in [-0.15, -0.1) is 0 Å². The molecule has 29 heavy (non-hydrogen) atoms. The van der Waals surface area contributed by atoms with E-state index < -0.39 is 0 Å². The summed E-state index contributed by atoms with van der Waals surface area (Å²) in [5.41, 5.74) is 3.70. The Bertz CT molecular complexity index is 1060. The van der Waals surface area contributed by atoms with Crippen LogP contribution >= 0.6 is 0 Å². The van der Waals surface area contributed by atoms with Crippen molar-refractivity contribution < 1.29 is 14.3 Å². The van der Waals surface area contributed by atoms with Crippen molar-refractivity contribution in [1.29, 1.82) is 0 Å². The fourth-order valence-electron chi connectivity index (χ4n) is 3.51. The van der Waals surface area contributed by atoms with Gasteiger partial charge in [-0.3, -0.25) is 4.90 Å². The molecule has 0 spiro atoms. The van der Waals surface area contributed by atoms with Crippen molar-refractivity contribution in [3.63, 3.8) is 0 Å². The van der Waals surface area contributed by atoms with Crippen LogP contribution in [0.5, 0.6) is 11.5 Å². The second-order valence-electron chi connectivity index (χ2n) is 6.89. The number of ether oxygens (including phenoxy) is 2. The van der Waals surface area contributed by atoms with Crippen molar-refractivity contribution >= 4 is 28.9 Å².